The van der Waals surface area contributed by atoms with Gasteiger partial charge >= 0.3 is 0 Å². The van der Waals surface area contributed by atoms with Gasteiger partial charge in [0.05, 0.1) is 30.8 Å². The molecule has 2 N–H and O–H groups in total. The second-order valence-electron chi connectivity index (χ2n) is 10.1. The van der Waals surface area contributed by atoms with E-state index in [1.54, 1.807) is 6.07 Å². The molecular weight excluding hydrogens is 440 g/mol. The van der Waals surface area contributed by atoms with Crippen LogP contribution in [0.2, 0.25) is 0 Å². The summed E-state index contributed by atoms with van der Waals surface area (Å²) < 4.78 is 7.66. The van der Waals surface area contributed by atoms with Gasteiger partial charge in [-0.05, 0) is 62.9 Å². The zero-order chi connectivity index (χ0) is 24.4. The third-order valence-electron chi connectivity index (χ3n) is 7.33. The Morgan fingerprint density at radius 1 is 0.971 bits per heavy atom. The number of benzene rings is 1. The maximum atomic E-state index is 10.5. The average Bonchev–Trinajstić information content (AvgIpc) is 3.18. The first-order valence-electron chi connectivity index (χ1n) is 12.9. The first-order chi connectivity index (χ1) is 17.0. The maximum absolute atomic E-state index is 10.5. The molecule has 2 fully saturated rings. The van der Waals surface area contributed by atoms with E-state index < -0.39 is 0 Å². The molecular formula is C27H38N6O2. The van der Waals surface area contributed by atoms with E-state index in [1.807, 2.05) is 13.0 Å². The third-order valence-corrected chi connectivity index (χ3v) is 7.33. The number of ether oxygens (including phenoxy) is 1. The first kappa shape index (κ1) is 24.0. The summed E-state index contributed by atoms with van der Waals surface area (Å²) in [4.78, 5) is 14.7. The van der Waals surface area contributed by atoms with Crippen molar-refractivity contribution in [2.75, 3.05) is 57.8 Å². The number of morpholine rings is 1. The number of imidazole rings is 1. The van der Waals surface area contributed by atoms with E-state index in [-0.39, 0.29) is 5.75 Å². The van der Waals surface area contributed by atoms with Gasteiger partial charge in [0.2, 0.25) is 5.95 Å². The molecule has 0 saturated carbocycles. The zero-order valence-electron chi connectivity index (χ0n) is 21.3. The highest BCUT2D eigenvalue weighted by Gasteiger charge is 2.23. The molecule has 2 aliphatic heterocycles. The summed E-state index contributed by atoms with van der Waals surface area (Å²) in [5.74, 6) is 1.09. The minimum absolute atomic E-state index is 0.224. The van der Waals surface area contributed by atoms with Gasteiger partial charge in [-0.1, -0.05) is 6.07 Å². The van der Waals surface area contributed by atoms with Crippen LogP contribution in [0.4, 0.5) is 5.95 Å². The number of aryl methyl sites for hydroxylation is 3. The molecule has 4 heterocycles. The molecule has 0 atom stereocenters. The van der Waals surface area contributed by atoms with Crippen molar-refractivity contribution in [1.82, 2.24) is 24.3 Å². The number of fused-ring (bicyclic) bond motifs is 1. The second-order valence-corrected chi connectivity index (χ2v) is 10.1. The van der Waals surface area contributed by atoms with Crippen molar-refractivity contribution in [2.24, 2.45) is 0 Å². The van der Waals surface area contributed by atoms with E-state index in [4.69, 9.17) is 9.72 Å². The highest BCUT2D eigenvalue weighted by molar-refractivity contribution is 5.83. The molecule has 3 aromatic rings. The smallest absolute Gasteiger partial charge is 0.204 e. The van der Waals surface area contributed by atoms with Crippen LogP contribution >= 0.6 is 0 Å². The van der Waals surface area contributed by atoms with Gasteiger partial charge in [0.1, 0.15) is 11.4 Å². The Labute approximate surface area is 207 Å². The molecule has 188 valence electrons. The van der Waals surface area contributed by atoms with E-state index in [0.29, 0.717) is 18.3 Å². The largest absolute Gasteiger partial charge is 0.506 e. The molecule has 2 saturated heterocycles. The molecule has 8 heteroatoms. The third kappa shape index (κ3) is 5.60. The average molecular weight is 479 g/mol. The van der Waals surface area contributed by atoms with Crippen LogP contribution in [-0.2, 0) is 11.3 Å². The topological polar surface area (TPSA) is 78.7 Å². The Morgan fingerprint density at radius 2 is 1.69 bits per heavy atom. The van der Waals surface area contributed by atoms with Crippen LogP contribution < -0.4 is 5.32 Å². The van der Waals surface area contributed by atoms with Gasteiger partial charge in [-0.15, -0.1) is 0 Å². The van der Waals surface area contributed by atoms with Gasteiger partial charge in [0.25, 0.3) is 0 Å². The second kappa shape index (κ2) is 10.5. The lowest BCUT2D eigenvalue weighted by atomic mass is 10.1. The predicted octanol–water partition coefficient (Wildman–Crippen LogP) is 3.32. The van der Waals surface area contributed by atoms with Crippen LogP contribution in [0.3, 0.4) is 0 Å². The Morgan fingerprint density at radius 3 is 2.43 bits per heavy atom. The molecule has 0 unspecified atom stereocenters. The molecule has 0 aliphatic carbocycles. The normalized spacial score (nSPS) is 18.4. The van der Waals surface area contributed by atoms with Crippen molar-refractivity contribution in [3.05, 3.63) is 46.8 Å². The fraction of sp³-hybridized carbons (Fsp3) is 0.556. The van der Waals surface area contributed by atoms with E-state index in [9.17, 15) is 5.11 Å². The van der Waals surface area contributed by atoms with Gasteiger partial charge in [0, 0.05) is 51.0 Å². The van der Waals surface area contributed by atoms with Crippen molar-refractivity contribution in [2.45, 2.75) is 46.2 Å². The lowest BCUT2D eigenvalue weighted by Gasteiger charge is -2.35. The number of piperidine rings is 1. The molecule has 0 bridgehead atoms. The highest BCUT2D eigenvalue weighted by Crippen LogP contribution is 2.28. The zero-order valence-corrected chi connectivity index (χ0v) is 21.3. The van der Waals surface area contributed by atoms with Crippen molar-refractivity contribution < 1.29 is 9.84 Å². The van der Waals surface area contributed by atoms with Crippen molar-refractivity contribution >= 4 is 17.0 Å². The lowest BCUT2D eigenvalue weighted by Crippen LogP contribution is -2.45. The molecule has 0 spiro atoms. The van der Waals surface area contributed by atoms with Gasteiger partial charge in [-0.3, -0.25) is 9.88 Å². The number of likely N-dealkylation sites (tertiary alicyclic amines) is 1. The van der Waals surface area contributed by atoms with E-state index in [2.05, 4.69) is 50.6 Å². The molecule has 35 heavy (non-hydrogen) atoms. The van der Waals surface area contributed by atoms with Crippen molar-refractivity contribution in [3.8, 4) is 5.75 Å². The van der Waals surface area contributed by atoms with Crippen molar-refractivity contribution in [3.63, 3.8) is 0 Å². The fourth-order valence-electron chi connectivity index (χ4n) is 5.38. The van der Waals surface area contributed by atoms with Gasteiger partial charge < -0.3 is 24.6 Å². The van der Waals surface area contributed by atoms with Crippen LogP contribution in [0.5, 0.6) is 5.75 Å². The van der Waals surface area contributed by atoms with Crippen LogP contribution in [0.15, 0.2) is 24.3 Å². The number of aromatic hydroxyl groups is 1. The Bertz CT molecular complexity index is 1160. The van der Waals surface area contributed by atoms with Gasteiger partial charge in [0.15, 0.2) is 0 Å². The Balaban J connectivity index is 1.30. The molecule has 8 nitrogen and oxygen atoms in total. The summed E-state index contributed by atoms with van der Waals surface area (Å²) in [6.07, 6.45) is 2.19. The molecule has 1 aromatic carbocycles. The minimum Gasteiger partial charge on any atom is -0.506 e. The fourth-order valence-corrected chi connectivity index (χ4v) is 5.38. The first-order valence-corrected chi connectivity index (χ1v) is 12.9. The summed E-state index contributed by atoms with van der Waals surface area (Å²) >= 11 is 0. The molecule has 2 aromatic heterocycles. The van der Waals surface area contributed by atoms with Gasteiger partial charge in [-0.25, -0.2) is 4.98 Å². The van der Waals surface area contributed by atoms with Crippen LogP contribution in [-0.4, -0.2) is 88.0 Å². The number of nitrogens with one attached hydrogen (secondary N) is 1. The number of pyridine rings is 1. The summed E-state index contributed by atoms with van der Waals surface area (Å²) in [6, 6.07) is 8.28. The summed E-state index contributed by atoms with van der Waals surface area (Å²) in [7, 11) is 0. The van der Waals surface area contributed by atoms with Crippen LogP contribution in [0, 0.1) is 20.8 Å². The van der Waals surface area contributed by atoms with Gasteiger partial charge in [-0.2, -0.15) is 0 Å². The maximum Gasteiger partial charge on any atom is 0.204 e. The predicted molar refractivity (Wildman–Crippen MR) is 139 cm³/mol. The standard InChI is InChI=1S/C27H38N6O2/c1-19-16-20(2)26-23(17-19)30-27(33(26)18-24-25(34)5-4-21(3)28-24)29-22-6-8-31(9-7-22)10-11-32-12-14-35-15-13-32/h4-5,16-17,22,34H,6-15,18H2,1-3H3,(H,29,30). The Kier molecular flexibility index (Phi) is 7.22. The lowest BCUT2D eigenvalue weighted by molar-refractivity contribution is 0.0322. The monoisotopic (exact) mass is 478 g/mol. The number of hydrogen-bond acceptors (Lipinski definition) is 7. The summed E-state index contributed by atoms with van der Waals surface area (Å²) in [5, 5.41) is 14.2. The van der Waals surface area contributed by atoms with E-state index >= 15 is 0 Å². The summed E-state index contributed by atoms with van der Waals surface area (Å²) in [5.41, 5.74) is 6.05. The Hall–Kier alpha value is -2.68. The van der Waals surface area contributed by atoms with E-state index in [1.165, 1.54) is 11.1 Å². The molecule has 2 aliphatic rings. The van der Waals surface area contributed by atoms with Crippen molar-refractivity contribution in [1.29, 1.82) is 0 Å². The molecule has 0 radical (unpaired) electrons. The number of nitrogens with zero attached hydrogens (tertiary/aromatic N) is 5. The number of anilines is 1. The molecule has 0 amide bonds. The number of aromatic nitrogens is 3. The highest BCUT2D eigenvalue weighted by atomic mass is 16.5. The van der Waals surface area contributed by atoms with Crippen LogP contribution in [0.25, 0.3) is 11.0 Å². The minimum atomic E-state index is 0.224. The van der Waals surface area contributed by atoms with Crippen LogP contribution in [0.1, 0.15) is 35.4 Å². The quantitative estimate of drug-likeness (QED) is 0.539. The SMILES string of the molecule is Cc1cc(C)c2c(c1)nc(NC1CCN(CCN3CCOCC3)CC1)n2Cc1nc(C)ccc1O. The summed E-state index contributed by atoms with van der Waals surface area (Å²) in [6.45, 7) is 15.0. The molecule has 5 rings (SSSR count). The number of hydrogen-bond donors (Lipinski definition) is 2. The van der Waals surface area contributed by atoms with E-state index in [0.717, 1.165) is 88.0 Å². The number of rotatable bonds is 7.